The Kier molecular flexibility index (Phi) is 5.07. The first kappa shape index (κ1) is 14.7. The summed E-state index contributed by atoms with van der Waals surface area (Å²) in [6, 6.07) is 15.1. The molecule has 2 aromatic carbocycles. The van der Waals surface area contributed by atoms with Gasteiger partial charge in [0.05, 0.1) is 5.56 Å². The van der Waals surface area contributed by atoms with Crippen LogP contribution in [0.2, 0.25) is 0 Å². The zero-order valence-corrected chi connectivity index (χ0v) is 9.97. The van der Waals surface area contributed by atoms with Crippen LogP contribution in [0, 0.1) is 0 Å². The minimum Gasteiger partial charge on any atom is -0.478 e. The smallest absolute Gasteiger partial charge is 0.336 e. The molecule has 2 rings (SSSR count). The van der Waals surface area contributed by atoms with Crippen LogP contribution in [0.5, 0.6) is 0 Å². The van der Waals surface area contributed by atoms with E-state index in [-0.39, 0.29) is 7.43 Å². The van der Waals surface area contributed by atoms with Crippen molar-refractivity contribution >= 4 is 5.97 Å². The van der Waals surface area contributed by atoms with Crippen LogP contribution >= 0.6 is 0 Å². The lowest BCUT2D eigenvalue weighted by molar-refractivity contribution is 0.0696. The summed E-state index contributed by atoms with van der Waals surface area (Å²) in [6.45, 7) is 3.67. The molecule has 0 aliphatic rings. The first-order chi connectivity index (χ1) is 8.74. The van der Waals surface area contributed by atoms with Crippen molar-refractivity contribution in [3.63, 3.8) is 0 Å². The summed E-state index contributed by atoms with van der Waals surface area (Å²) in [6.07, 6.45) is 2.28. The molecule has 2 aromatic rings. The van der Waals surface area contributed by atoms with Crippen molar-refractivity contribution in [1.82, 2.24) is 0 Å². The standard InChI is InChI=1S/C16H14O2.CH4/c1-2-7-13-10-6-11-14(15(13)16(17)18)12-8-4-3-5-9-12;/h2-6,8-11H,1,7H2,(H,17,18);1H4. The number of allylic oxidation sites excluding steroid dienone is 1. The van der Waals surface area contributed by atoms with Gasteiger partial charge in [0.15, 0.2) is 0 Å². The van der Waals surface area contributed by atoms with E-state index in [4.69, 9.17) is 0 Å². The molecule has 0 saturated heterocycles. The molecule has 0 aromatic heterocycles. The van der Waals surface area contributed by atoms with Gasteiger partial charge in [-0.05, 0) is 23.1 Å². The Morgan fingerprint density at radius 2 is 1.79 bits per heavy atom. The Balaban J connectivity index is 0.00000180. The third-order valence-corrected chi connectivity index (χ3v) is 2.81. The Bertz CT molecular complexity index is 571. The molecule has 0 saturated carbocycles. The second kappa shape index (κ2) is 6.55. The number of carboxylic acid groups (broad SMARTS) is 1. The molecule has 0 aliphatic carbocycles. The summed E-state index contributed by atoms with van der Waals surface area (Å²) in [5, 5.41) is 9.40. The van der Waals surface area contributed by atoms with Crippen LogP contribution in [-0.2, 0) is 6.42 Å². The molecule has 0 amide bonds. The van der Waals surface area contributed by atoms with E-state index in [1.165, 1.54) is 0 Å². The highest BCUT2D eigenvalue weighted by atomic mass is 16.4. The molecule has 1 N–H and O–H groups in total. The molecule has 0 spiro atoms. The van der Waals surface area contributed by atoms with Crippen molar-refractivity contribution in [3.05, 3.63) is 72.3 Å². The van der Waals surface area contributed by atoms with Crippen molar-refractivity contribution in [2.24, 2.45) is 0 Å². The number of carbonyl (C=O) groups is 1. The van der Waals surface area contributed by atoms with Crippen molar-refractivity contribution in [2.75, 3.05) is 0 Å². The van der Waals surface area contributed by atoms with E-state index in [0.29, 0.717) is 12.0 Å². The van der Waals surface area contributed by atoms with Gasteiger partial charge in [-0.1, -0.05) is 62.0 Å². The van der Waals surface area contributed by atoms with Crippen LogP contribution < -0.4 is 0 Å². The summed E-state index contributed by atoms with van der Waals surface area (Å²) >= 11 is 0. The van der Waals surface area contributed by atoms with Gasteiger partial charge in [0, 0.05) is 0 Å². The largest absolute Gasteiger partial charge is 0.478 e. The summed E-state index contributed by atoms with van der Waals surface area (Å²) < 4.78 is 0. The number of carboxylic acids is 1. The second-order valence-corrected chi connectivity index (χ2v) is 4.00. The van der Waals surface area contributed by atoms with Gasteiger partial charge in [-0.2, -0.15) is 0 Å². The SMILES string of the molecule is C.C=CCc1cccc(-c2ccccc2)c1C(=O)O. The zero-order valence-electron chi connectivity index (χ0n) is 9.97. The van der Waals surface area contributed by atoms with Crippen LogP contribution in [-0.4, -0.2) is 11.1 Å². The van der Waals surface area contributed by atoms with Gasteiger partial charge in [0.1, 0.15) is 0 Å². The molecule has 2 nitrogen and oxygen atoms in total. The van der Waals surface area contributed by atoms with Gasteiger partial charge in [-0.25, -0.2) is 4.79 Å². The number of benzene rings is 2. The molecule has 0 fully saturated rings. The van der Waals surface area contributed by atoms with Gasteiger partial charge >= 0.3 is 5.97 Å². The predicted molar refractivity (Wildman–Crippen MR) is 79.5 cm³/mol. The molecular formula is C17H18O2. The average molecular weight is 254 g/mol. The molecule has 19 heavy (non-hydrogen) atoms. The molecule has 0 bridgehead atoms. The second-order valence-electron chi connectivity index (χ2n) is 4.00. The van der Waals surface area contributed by atoms with Crippen LogP contribution in [0.4, 0.5) is 0 Å². The fourth-order valence-corrected chi connectivity index (χ4v) is 2.04. The highest BCUT2D eigenvalue weighted by Crippen LogP contribution is 2.26. The lowest BCUT2D eigenvalue weighted by Crippen LogP contribution is -2.04. The summed E-state index contributed by atoms with van der Waals surface area (Å²) in [5.41, 5.74) is 2.82. The van der Waals surface area contributed by atoms with Crippen LogP contribution in [0.15, 0.2) is 61.2 Å². The van der Waals surface area contributed by atoms with Gasteiger partial charge in [-0.15, -0.1) is 6.58 Å². The maximum absolute atomic E-state index is 11.5. The van der Waals surface area contributed by atoms with Gasteiger partial charge < -0.3 is 5.11 Å². The molecule has 0 unspecified atom stereocenters. The maximum Gasteiger partial charge on any atom is 0.336 e. The minimum atomic E-state index is -0.897. The molecule has 0 aliphatic heterocycles. The molecule has 2 heteroatoms. The topological polar surface area (TPSA) is 37.3 Å². The third-order valence-electron chi connectivity index (χ3n) is 2.81. The summed E-state index contributed by atoms with van der Waals surface area (Å²) in [7, 11) is 0. The van der Waals surface area contributed by atoms with Gasteiger partial charge in [-0.3, -0.25) is 0 Å². The zero-order chi connectivity index (χ0) is 13.0. The number of aromatic carboxylic acids is 1. The van der Waals surface area contributed by atoms with Crippen LogP contribution in [0.25, 0.3) is 11.1 Å². The van der Waals surface area contributed by atoms with E-state index in [2.05, 4.69) is 6.58 Å². The third kappa shape index (κ3) is 3.10. The molecule has 98 valence electrons. The van der Waals surface area contributed by atoms with Gasteiger partial charge in [0.25, 0.3) is 0 Å². The van der Waals surface area contributed by atoms with Crippen molar-refractivity contribution in [1.29, 1.82) is 0 Å². The monoisotopic (exact) mass is 254 g/mol. The highest BCUT2D eigenvalue weighted by Gasteiger charge is 2.15. The van der Waals surface area contributed by atoms with E-state index < -0.39 is 5.97 Å². The first-order valence-electron chi connectivity index (χ1n) is 5.75. The fraction of sp³-hybridized carbons (Fsp3) is 0.118. The Labute approximate surface area is 114 Å². The van der Waals surface area contributed by atoms with E-state index in [1.807, 2.05) is 48.5 Å². The first-order valence-corrected chi connectivity index (χ1v) is 5.75. The van der Waals surface area contributed by atoms with E-state index in [9.17, 15) is 9.90 Å². The molecule has 0 heterocycles. The molecule has 0 radical (unpaired) electrons. The van der Waals surface area contributed by atoms with E-state index in [1.54, 1.807) is 6.08 Å². The number of hydrogen-bond donors (Lipinski definition) is 1. The Morgan fingerprint density at radius 3 is 2.37 bits per heavy atom. The van der Waals surface area contributed by atoms with Crippen molar-refractivity contribution in [2.45, 2.75) is 13.8 Å². The molecular weight excluding hydrogens is 236 g/mol. The Hall–Kier alpha value is -2.35. The van der Waals surface area contributed by atoms with Crippen molar-refractivity contribution < 1.29 is 9.90 Å². The quantitative estimate of drug-likeness (QED) is 0.820. The van der Waals surface area contributed by atoms with E-state index >= 15 is 0 Å². The lowest BCUT2D eigenvalue weighted by Gasteiger charge is -2.10. The number of hydrogen-bond acceptors (Lipinski definition) is 1. The summed E-state index contributed by atoms with van der Waals surface area (Å²) in [5.74, 6) is -0.897. The van der Waals surface area contributed by atoms with Gasteiger partial charge in [0.2, 0.25) is 0 Å². The van der Waals surface area contributed by atoms with Crippen LogP contribution in [0.3, 0.4) is 0 Å². The van der Waals surface area contributed by atoms with Crippen molar-refractivity contribution in [3.8, 4) is 11.1 Å². The number of rotatable bonds is 4. The average Bonchev–Trinajstić information content (AvgIpc) is 2.39. The normalized spacial score (nSPS) is 9.47. The Morgan fingerprint density at radius 1 is 1.11 bits per heavy atom. The van der Waals surface area contributed by atoms with E-state index in [0.717, 1.165) is 16.7 Å². The predicted octanol–water partition coefficient (Wildman–Crippen LogP) is 4.42. The highest BCUT2D eigenvalue weighted by molar-refractivity contribution is 5.97. The molecule has 0 atom stereocenters. The minimum absolute atomic E-state index is 0. The fourth-order valence-electron chi connectivity index (χ4n) is 2.04. The lowest BCUT2D eigenvalue weighted by atomic mass is 9.94. The maximum atomic E-state index is 11.5. The summed E-state index contributed by atoms with van der Waals surface area (Å²) in [4.78, 5) is 11.5. The van der Waals surface area contributed by atoms with Crippen LogP contribution in [0.1, 0.15) is 23.3 Å².